The number of alkyl halides is 1. The second kappa shape index (κ2) is 14.0. The van der Waals surface area contributed by atoms with Crippen LogP contribution in [0.25, 0.3) is 5.70 Å². The summed E-state index contributed by atoms with van der Waals surface area (Å²) >= 11 is 5.24. The number of fused-ring (bicyclic) bond motifs is 1. The number of allylic oxidation sites excluding steroid dienone is 3. The van der Waals surface area contributed by atoms with Gasteiger partial charge in [0.15, 0.2) is 5.82 Å². The highest BCUT2D eigenvalue weighted by molar-refractivity contribution is 6.19. The van der Waals surface area contributed by atoms with E-state index < -0.39 is 0 Å². The topological polar surface area (TPSA) is 63.0 Å². The molecule has 4 rings (SSSR count). The summed E-state index contributed by atoms with van der Waals surface area (Å²) in [6, 6.07) is 1.85. The van der Waals surface area contributed by atoms with Gasteiger partial charge in [0.05, 0.1) is 6.54 Å². The number of nitrogens with zero attached hydrogens (tertiary/aromatic N) is 7. The predicted molar refractivity (Wildman–Crippen MR) is 143 cm³/mol. The number of aromatic nitrogens is 5. The van der Waals surface area contributed by atoms with E-state index in [1.807, 2.05) is 32.9 Å². The van der Waals surface area contributed by atoms with Crippen LogP contribution in [0.2, 0.25) is 0 Å². The van der Waals surface area contributed by atoms with Crippen LogP contribution in [0.15, 0.2) is 48.8 Å². The molecule has 2 aliphatic heterocycles. The van der Waals surface area contributed by atoms with Gasteiger partial charge in [0.25, 0.3) is 0 Å². The fourth-order valence-electron chi connectivity index (χ4n) is 4.02. The number of hydrogen-bond donors (Lipinski definition) is 0. The van der Waals surface area contributed by atoms with Crippen molar-refractivity contribution in [2.75, 3.05) is 37.5 Å². The zero-order valence-electron chi connectivity index (χ0n) is 21.5. The van der Waals surface area contributed by atoms with Crippen molar-refractivity contribution in [1.82, 2.24) is 29.6 Å². The van der Waals surface area contributed by atoms with Crippen molar-refractivity contribution in [1.29, 1.82) is 0 Å². The molecule has 8 heteroatoms. The summed E-state index contributed by atoms with van der Waals surface area (Å²) < 4.78 is 2.26. The van der Waals surface area contributed by atoms with Crippen LogP contribution in [-0.2, 0) is 6.54 Å². The van der Waals surface area contributed by atoms with E-state index in [0.29, 0.717) is 11.8 Å². The Bertz CT molecular complexity index is 943. The zero-order valence-corrected chi connectivity index (χ0v) is 22.2. The first kappa shape index (κ1) is 27.7. The predicted octanol–water partition coefficient (Wildman–Crippen LogP) is 5.53. The molecule has 0 aromatic carbocycles. The van der Waals surface area contributed by atoms with Crippen molar-refractivity contribution in [3.63, 3.8) is 0 Å². The number of halogens is 1. The molecular weight excluding hydrogens is 446 g/mol. The van der Waals surface area contributed by atoms with E-state index in [1.165, 1.54) is 5.57 Å². The van der Waals surface area contributed by atoms with Crippen LogP contribution in [0.1, 0.15) is 64.5 Å². The lowest BCUT2D eigenvalue weighted by atomic mass is 9.95. The Hall–Kier alpha value is -2.51. The highest BCUT2D eigenvalue weighted by Gasteiger charge is 2.29. The maximum absolute atomic E-state index is 5.24. The second-order valence-electron chi connectivity index (χ2n) is 8.57. The van der Waals surface area contributed by atoms with Crippen LogP contribution in [-0.4, -0.2) is 62.2 Å². The molecule has 1 saturated heterocycles. The van der Waals surface area contributed by atoms with Crippen LogP contribution in [0, 0.1) is 0 Å². The highest BCUT2D eigenvalue weighted by Crippen LogP contribution is 2.32. The van der Waals surface area contributed by atoms with Crippen LogP contribution in [0.5, 0.6) is 0 Å². The van der Waals surface area contributed by atoms with Crippen LogP contribution in [0.4, 0.5) is 5.95 Å². The van der Waals surface area contributed by atoms with Gasteiger partial charge >= 0.3 is 0 Å². The van der Waals surface area contributed by atoms with E-state index in [2.05, 4.69) is 61.7 Å². The molecule has 1 fully saturated rings. The summed E-state index contributed by atoms with van der Waals surface area (Å²) in [6.07, 6.45) is 8.65. The average Bonchev–Trinajstić information content (AvgIpc) is 3.27. The molecule has 2 aliphatic rings. The van der Waals surface area contributed by atoms with Gasteiger partial charge in [-0.3, -0.25) is 9.47 Å². The van der Waals surface area contributed by atoms with E-state index in [0.717, 1.165) is 74.3 Å². The van der Waals surface area contributed by atoms with Crippen molar-refractivity contribution in [2.24, 2.45) is 0 Å². The Morgan fingerprint density at radius 1 is 1.15 bits per heavy atom. The molecule has 0 amide bonds. The van der Waals surface area contributed by atoms with E-state index in [9.17, 15) is 0 Å². The van der Waals surface area contributed by atoms with E-state index in [4.69, 9.17) is 11.6 Å². The van der Waals surface area contributed by atoms with Crippen molar-refractivity contribution in [3.8, 4) is 0 Å². The fraction of sp³-hybridized carbons (Fsp3) is 0.538. The number of rotatable bonds is 4. The maximum atomic E-state index is 5.24. The molecule has 34 heavy (non-hydrogen) atoms. The minimum Gasteiger partial charge on any atom is -0.341 e. The maximum Gasteiger partial charge on any atom is 0.225 e. The van der Waals surface area contributed by atoms with Gasteiger partial charge in [-0.05, 0) is 57.9 Å². The molecule has 0 bridgehead atoms. The SMILES string of the molecule is C=C(C)CCl.C=C/C1=C(\C)CCN(C)Cc2nnc(C3CCN(c4ncccn4)CC3)n21.CC. The minimum absolute atomic E-state index is 0.388. The van der Waals surface area contributed by atoms with E-state index >= 15 is 0 Å². The highest BCUT2D eigenvalue weighted by atomic mass is 35.5. The zero-order chi connectivity index (χ0) is 25.1. The Labute approximate surface area is 210 Å². The van der Waals surface area contributed by atoms with Gasteiger partial charge < -0.3 is 4.90 Å². The third kappa shape index (κ3) is 7.24. The lowest BCUT2D eigenvalue weighted by Crippen LogP contribution is -2.35. The van der Waals surface area contributed by atoms with Crippen molar-refractivity contribution >= 4 is 23.2 Å². The van der Waals surface area contributed by atoms with Crippen molar-refractivity contribution in [3.05, 3.63) is 60.5 Å². The van der Waals surface area contributed by atoms with Gasteiger partial charge in [0.1, 0.15) is 5.82 Å². The average molecular weight is 486 g/mol. The molecule has 0 atom stereocenters. The Kier molecular flexibility index (Phi) is 11.4. The molecule has 0 saturated carbocycles. The first-order valence-corrected chi connectivity index (χ1v) is 12.7. The van der Waals surface area contributed by atoms with Crippen LogP contribution < -0.4 is 4.90 Å². The third-order valence-corrected chi connectivity index (χ3v) is 6.29. The summed E-state index contributed by atoms with van der Waals surface area (Å²) in [5, 5.41) is 9.17. The quantitative estimate of drug-likeness (QED) is 0.419. The Balaban J connectivity index is 0.000000520. The van der Waals surface area contributed by atoms with Crippen molar-refractivity contribution in [2.45, 2.75) is 59.4 Å². The van der Waals surface area contributed by atoms with Crippen molar-refractivity contribution < 1.29 is 0 Å². The summed E-state index contributed by atoms with van der Waals surface area (Å²) in [5.41, 5.74) is 3.52. The van der Waals surface area contributed by atoms with Gasteiger partial charge in [-0.25, -0.2) is 9.97 Å². The standard InChI is InChI=1S/C20H27N7.C4H7Cl.C2H6/c1-4-17-15(2)6-11-25(3)14-18-23-24-19(27(17)18)16-7-12-26(13-8-16)20-21-9-5-10-22-20;1-4(2)3-5;1-2/h4-5,9-10,16H,1,6-8,11-14H2,2-3H3;1,3H2,2H3;1-2H3/b17-15-;;. The summed E-state index contributed by atoms with van der Waals surface area (Å²) in [4.78, 5) is 13.3. The molecule has 186 valence electrons. The molecule has 0 aliphatic carbocycles. The monoisotopic (exact) mass is 485 g/mol. The molecule has 0 radical (unpaired) electrons. The molecule has 0 unspecified atom stereocenters. The lowest BCUT2D eigenvalue weighted by molar-refractivity contribution is 0.316. The third-order valence-electron chi connectivity index (χ3n) is 5.83. The van der Waals surface area contributed by atoms with Gasteiger partial charge in [-0.1, -0.05) is 32.6 Å². The fourth-order valence-corrected chi connectivity index (χ4v) is 4.02. The lowest BCUT2D eigenvalue weighted by Gasteiger charge is -2.32. The summed E-state index contributed by atoms with van der Waals surface area (Å²) in [7, 11) is 2.14. The molecule has 2 aromatic heterocycles. The molecule has 7 nitrogen and oxygen atoms in total. The van der Waals surface area contributed by atoms with Crippen LogP contribution >= 0.6 is 11.6 Å². The second-order valence-corrected chi connectivity index (χ2v) is 8.84. The van der Waals surface area contributed by atoms with Gasteiger partial charge in [-0.15, -0.1) is 21.8 Å². The normalized spacial score (nSPS) is 18.9. The summed E-state index contributed by atoms with van der Waals surface area (Å²) in [5.74, 6) is 3.87. The Morgan fingerprint density at radius 3 is 2.32 bits per heavy atom. The molecular formula is C26H40ClN7. The smallest absolute Gasteiger partial charge is 0.225 e. The van der Waals surface area contributed by atoms with E-state index in [-0.39, 0.29) is 0 Å². The Morgan fingerprint density at radius 2 is 1.76 bits per heavy atom. The van der Waals surface area contributed by atoms with Gasteiger partial charge in [0, 0.05) is 49.5 Å². The number of anilines is 1. The van der Waals surface area contributed by atoms with E-state index in [1.54, 1.807) is 12.4 Å². The largest absolute Gasteiger partial charge is 0.341 e. The van der Waals surface area contributed by atoms with Gasteiger partial charge in [0.2, 0.25) is 5.95 Å². The summed E-state index contributed by atoms with van der Waals surface area (Å²) in [6.45, 7) is 19.4. The first-order valence-electron chi connectivity index (χ1n) is 12.1. The molecule has 0 N–H and O–H groups in total. The molecule has 4 heterocycles. The number of hydrogen-bond acceptors (Lipinski definition) is 6. The molecule has 0 spiro atoms. The van der Waals surface area contributed by atoms with Crippen LogP contribution in [0.3, 0.4) is 0 Å². The number of piperidine rings is 1. The first-order chi connectivity index (χ1) is 16.4. The molecule has 2 aromatic rings. The minimum atomic E-state index is 0.388. The van der Waals surface area contributed by atoms with Gasteiger partial charge in [-0.2, -0.15) is 0 Å².